The third-order valence-electron chi connectivity index (χ3n) is 0.605. The van der Waals surface area contributed by atoms with Crippen LogP contribution in [0.3, 0.4) is 0 Å². The number of hydrogen-bond acceptors (Lipinski definition) is 3. The van der Waals surface area contributed by atoms with Crippen molar-refractivity contribution in [1.82, 2.24) is 5.17 Å². The first-order chi connectivity index (χ1) is 3.39. The van der Waals surface area contributed by atoms with Gasteiger partial charge in [-0.1, -0.05) is 0 Å². The minimum absolute atomic E-state index is 1.12. The van der Waals surface area contributed by atoms with E-state index >= 15 is 0 Å². The van der Waals surface area contributed by atoms with Crippen LogP contribution in [0.25, 0.3) is 0 Å². The predicted molar refractivity (Wildman–Crippen MR) is 25.4 cm³/mol. The molecule has 0 aromatic rings. The topological polar surface area (TPSA) is 38.5 Å². The highest BCUT2D eigenvalue weighted by atomic mass is 16.7. The first kappa shape index (κ1) is 4.21. The van der Waals surface area contributed by atoms with E-state index in [0.717, 1.165) is 5.17 Å². The summed E-state index contributed by atoms with van der Waals surface area (Å²) in [7, 11) is 0. The molecule has 1 aliphatic heterocycles. The number of rotatable bonds is 0. The van der Waals surface area contributed by atoms with Crippen molar-refractivity contribution in [2.75, 3.05) is 0 Å². The molecule has 7 heavy (non-hydrogen) atoms. The maximum atomic E-state index is 5.11. The average molecular weight is 98.1 g/mol. The summed E-state index contributed by atoms with van der Waals surface area (Å²) in [6.07, 6.45) is 6.65. The van der Waals surface area contributed by atoms with Crippen LogP contribution in [0.2, 0.25) is 0 Å². The molecule has 3 heteroatoms. The summed E-state index contributed by atoms with van der Waals surface area (Å²) in [5.74, 6) is 5.11. The van der Waals surface area contributed by atoms with E-state index in [-0.39, 0.29) is 0 Å². The molecule has 1 aliphatic rings. The van der Waals surface area contributed by atoms with Gasteiger partial charge >= 0.3 is 0 Å². The highest BCUT2D eigenvalue weighted by Crippen LogP contribution is 1.91. The zero-order valence-electron chi connectivity index (χ0n) is 3.74. The molecule has 1 heterocycles. The minimum Gasteiger partial charge on any atom is -0.373 e. The summed E-state index contributed by atoms with van der Waals surface area (Å²) >= 11 is 0. The summed E-state index contributed by atoms with van der Waals surface area (Å²) < 4.78 is 0. The van der Waals surface area contributed by atoms with E-state index in [4.69, 9.17) is 5.84 Å². The van der Waals surface area contributed by atoms with Crippen molar-refractivity contribution >= 4 is 0 Å². The normalized spacial score (nSPS) is 17.0. The lowest BCUT2D eigenvalue weighted by atomic mass is 10.6. The third kappa shape index (κ3) is 0.940. The third-order valence-corrected chi connectivity index (χ3v) is 0.605. The fourth-order valence-corrected chi connectivity index (χ4v) is 0.320. The molecule has 0 fully saturated rings. The number of hydrogen-bond donors (Lipinski definition) is 1. The zero-order chi connectivity index (χ0) is 5.11. The molecule has 0 saturated heterocycles. The second-order valence-electron chi connectivity index (χ2n) is 1.14. The Morgan fingerprint density at radius 2 is 2.29 bits per heavy atom. The summed E-state index contributed by atoms with van der Waals surface area (Å²) in [6, 6.07) is 0. The molecule has 1 rings (SSSR count). The number of hydrazine groups is 1. The summed E-state index contributed by atoms with van der Waals surface area (Å²) in [6.45, 7) is 0. The molecule has 0 unspecified atom stereocenters. The maximum Gasteiger partial charge on any atom is 0.121 e. The number of nitrogens with two attached hydrogens (primary N) is 1. The van der Waals surface area contributed by atoms with Gasteiger partial charge in [-0.25, -0.2) is 5.84 Å². The van der Waals surface area contributed by atoms with Crippen LogP contribution >= 0.6 is 0 Å². The van der Waals surface area contributed by atoms with Gasteiger partial charge < -0.3 is 4.84 Å². The summed E-state index contributed by atoms with van der Waals surface area (Å²) in [5.41, 5.74) is 0. The van der Waals surface area contributed by atoms with Gasteiger partial charge in [0.05, 0.1) is 6.20 Å². The molecule has 0 atom stereocenters. The molecule has 0 aromatic heterocycles. The molecular weight excluding hydrogens is 92.1 g/mol. The standard InChI is InChI=1S/C4H6N2O/c5-6-3-1-2-4-7-6/h1-4H,5H2. The Morgan fingerprint density at radius 3 is 2.57 bits per heavy atom. The van der Waals surface area contributed by atoms with Crippen molar-refractivity contribution < 1.29 is 4.84 Å². The van der Waals surface area contributed by atoms with Crippen LogP contribution in [0, 0.1) is 0 Å². The van der Waals surface area contributed by atoms with Crippen molar-refractivity contribution in [2.45, 2.75) is 0 Å². The van der Waals surface area contributed by atoms with Gasteiger partial charge in [-0.15, -0.1) is 5.17 Å². The van der Waals surface area contributed by atoms with Gasteiger partial charge in [-0.2, -0.15) is 0 Å². The van der Waals surface area contributed by atoms with Crippen molar-refractivity contribution in [2.24, 2.45) is 5.84 Å². The lowest BCUT2D eigenvalue weighted by Crippen LogP contribution is -2.23. The van der Waals surface area contributed by atoms with Gasteiger partial charge in [0.15, 0.2) is 0 Å². The van der Waals surface area contributed by atoms with Gasteiger partial charge in [0.2, 0.25) is 0 Å². The largest absolute Gasteiger partial charge is 0.373 e. The molecule has 3 nitrogen and oxygen atoms in total. The Hall–Kier alpha value is -0.960. The molecule has 2 N–H and O–H groups in total. The molecule has 38 valence electrons. The second-order valence-corrected chi connectivity index (χ2v) is 1.14. The number of nitrogens with zero attached hydrogens (tertiary/aromatic N) is 1. The molecule has 0 amide bonds. The monoisotopic (exact) mass is 98.0 g/mol. The molecular formula is C4H6N2O. The van der Waals surface area contributed by atoms with E-state index in [0.29, 0.717) is 0 Å². The van der Waals surface area contributed by atoms with Gasteiger partial charge in [0.25, 0.3) is 0 Å². The van der Waals surface area contributed by atoms with Crippen LogP contribution in [0.15, 0.2) is 24.6 Å². The van der Waals surface area contributed by atoms with Gasteiger partial charge in [0.1, 0.15) is 6.26 Å². The molecule has 0 aliphatic carbocycles. The van der Waals surface area contributed by atoms with Crippen molar-refractivity contribution in [3.63, 3.8) is 0 Å². The van der Waals surface area contributed by atoms with Crippen LogP contribution in [0.4, 0.5) is 0 Å². The minimum atomic E-state index is 1.12. The first-order valence-electron chi connectivity index (χ1n) is 1.93. The van der Waals surface area contributed by atoms with E-state index < -0.39 is 0 Å². The molecule has 0 radical (unpaired) electrons. The highest BCUT2D eigenvalue weighted by Gasteiger charge is 1.86. The van der Waals surface area contributed by atoms with E-state index in [1.165, 1.54) is 6.26 Å². The SMILES string of the molecule is NN1C=CC=CO1. The van der Waals surface area contributed by atoms with E-state index in [1.54, 1.807) is 18.4 Å². The average Bonchev–Trinajstić information content (AvgIpc) is 1.69. The number of hydroxylamine groups is 1. The van der Waals surface area contributed by atoms with E-state index in [9.17, 15) is 0 Å². The zero-order valence-corrected chi connectivity index (χ0v) is 3.74. The highest BCUT2D eigenvalue weighted by molar-refractivity contribution is 5.00. The van der Waals surface area contributed by atoms with Crippen LogP contribution < -0.4 is 5.84 Å². The fraction of sp³-hybridized carbons (Fsp3) is 0. The first-order valence-corrected chi connectivity index (χ1v) is 1.93. The lowest BCUT2D eigenvalue weighted by Gasteiger charge is -2.11. The van der Waals surface area contributed by atoms with Crippen LogP contribution in [0.1, 0.15) is 0 Å². The second kappa shape index (κ2) is 1.66. The predicted octanol–water partition coefficient (Wildman–Crippen LogP) is 0.135. The molecule has 0 spiro atoms. The maximum absolute atomic E-state index is 5.11. The summed E-state index contributed by atoms with van der Waals surface area (Å²) in [4.78, 5) is 4.62. The molecule has 0 saturated carbocycles. The van der Waals surface area contributed by atoms with Crippen molar-refractivity contribution in [1.29, 1.82) is 0 Å². The van der Waals surface area contributed by atoms with Crippen LogP contribution in [0.5, 0.6) is 0 Å². The Morgan fingerprint density at radius 1 is 1.43 bits per heavy atom. The van der Waals surface area contributed by atoms with Gasteiger partial charge in [0, 0.05) is 0 Å². The van der Waals surface area contributed by atoms with Crippen LogP contribution in [-0.2, 0) is 4.84 Å². The number of allylic oxidation sites excluding steroid dienone is 2. The Bertz CT molecular complexity index is 108. The molecule has 0 aromatic carbocycles. The van der Waals surface area contributed by atoms with Crippen molar-refractivity contribution in [3.05, 3.63) is 24.6 Å². The fourth-order valence-electron chi connectivity index (χ4n) is 0.320. The molecule has 0 bridgehead atoms. The van der Waals surface area contributed by atoms with Crippen molar-refractivity contribution in [3.8, 4) is 0 Å². The quantitative estimate of drug-likeness (QED) is 0.438. The summed E-state index contributed by atoms with van der Waals surface area (Å²) in [5, 5.41) is 1.12. The Balaban J connectivity index is 2.49. The lowest BCUT2D eigenvalue weighted by molar-refractivity contribution is -0.0611. The van der Waals surface area contributed by atoms with E-state index in [2.05, 4.69) is 4.84 Å². The van der Waals surface area contributed by atoms with E-state index in [1.807, 2.05) is 0 Å². The van der Waals surface area contributed by atoms with Crippen LogP contribution in [-0.4, -0.2) is 5.17 Å². The Kier molecular flexibility index (Phi) is 0.997. The smallest absolute Gasteiger partial charge is 0.121 e. The van der Waals surface area contributed by atoms with Gasteiger partial charge in [-0.3, -0.25) is 0 Å². The Labute approximate surface area is 41.6 Å². The van der Waals surface area contributed by atoms with Gasteiger partial charge in [-0.05, 0) is 12.2 Å².